The molecular weight excluding hydrogens is 435 g/mol. The van der Waals surface area contributed by atoms with Gasteiger partial charge in [-0.3, -0.25) is 4.79 Å². The van der Waals surface area contributed by atoms with E-state index in [1.165, 1.54) is 10.7 Å². The molecule has 4 rings (SSSR count). The van der Waals surface area contributed by atoms with E-state index in [1.807, 2.05) is 31.9 Å². The Balaban J connectivity index is 1.48. The fourth-order valence-corrected chi connectivity index (χ4v) is 3.68. The minimum atomic E-state index is -4.40. The van der Waals surface area contributed by atoms with Crippen molar-refractivity contribution in [2.45, 2.75) is 45.6 Å². The third-order valence-corrected chi connectivity index (χ3v) is 5.87. The second kappa shape index (κ2) is 8.38. The number of anilines is 3. The Hall–Kier alpha value is -3.63. The number of benzene rings is 1. The summed E-state index contributed by atoms with van der Waals surface area (Å²) >= 11 is 0. The molecule has 0 bridgehead atoms. The van der Waals surface area contributed by atoms with Crippen molar-refractivity contribution < 1.29 is 18.0 Å². The molecule has 0 saturated heterocycles. The third kappa shape index (κ3) is 4.48. The maximum atomic E-state index is 13.0. The van der Waals surface area contributed by atoms with E-state index in [0.29, 0.717) is 35.0 Å². The number of rotatable bonds is 5. The van der Waals surface area contributed by atoms with Gasteiger partial charge in [0, 0.05) is 13.1 Å². The number of alkyl halides is 3. The van der Waals surface area contributed by atoms with E-state index in [9.17, 15) is 18.0 Å². The predicted molar refractivity (Wildman–Crippen MR) is 118 cm³/mol. The predicted octanol–water partition coefficient (Wildman–Crippen LogP) is 4.00. The van der Waals surface area contributed by atoms with Crippen molar-refractivity contribution in [2.24, 2.45) is 0 Å². The number of amides is 1. The topological polar surface area (TPSA) is 88.0 Å². The van der Waals surface area contributed by atoms with Crippen LogP contribution < -0.4 is 15.5 Å². The lowest BCUT2D eigenvalue weighted by Crippen LogP contribution is -2.44. The molecule has 174 valence electrons. The van der Waals surface area contributed by atoms with E-state index >= 15 is 0 Å². The van der Waals surface area contributed by atoms with Gasteiger partial charge in [-0.15, -0.1) is 5.10 Å². The molecule has 2 atom stereocenters. The van der Waals surface area contributed by atoms with Gasteiger partial charge in [-0.1, -0.05) is 17.3 Å². The Morgan fingerprint density at radius 3 is 2.76 bits per heavy atom. The lowest BCUT2D eigenvalue weighted by atomic mass is 10.1. The largest absolute Gasteiger partial charge is 0.416 e. The van der Waals surface area contributed by atoms with Crippen molar-refractivity contribution in [1.82, 2.24) is 20.0 Å². The molecule has 1 aliphatic heterocycles. The molecule has 0 spiro atoms. The molecule has 3 heterocycles. The summed E-state index contributed by atoms with van der Waals surface area (Å²) in [5, 5.41) is 14.3. The van der Waals surface area contributed by atoms with Gasteiger partial charge >= 0.3 is 6.18 Å². The number of pyridine rings is 1. The van der Waals surface area contributed by atoms with E-state index in [4.69, 9.17) is 0 Å². The molecule has 0 saturated carbocycles. The quantitative estimate of drug-likeness (QED) is 0.600. The number of fused-ring (bicyclic) bond motifs is 1. The van der Waals surface area contributed by atoms with Gasteiger partial charge in [0.25, 0.3) is 0 Å². The molecule has 33 heavy (non-hydrogen) atoms. The average molecular weight is 459 g/mol. The zero-order valence-corrected chi connectivity index (χ0v) is 18.6. The van der Waals surface area contributed by atoms with Gasteiger partial charge in [-0.2, -0.15) is 13.2 Å². The Morgan fingerprint density at radius 2 is 2.03 bits per heavy atom. The second-order valence-corrected chi connectivity index (χ2v) is 8.11. The SMILES string of the molecule is Cc1nc(NCc2cn(C(C)c3cccc(C(F)(F)F)c3)nn2)cc2c1NC(=O)[C@H](C)N2C. The highest BCUT2D eigenvalue weighted by molar-refractivity contribution is 6.04. The summed E-state index contributed by atoms with van der Waals surface area (Å²) in [6.07, 6.45) is -2.71. The van der Waals surface area contributed by atoms with E-state index < -0.39 is 17.8 Å². The highest BCUT2D eigenvalue weighted by Crippen LogP contribution is 2.35. The van der Waals surface area contributed by atoms with Crippen LogP contribution in [0.2, 0.25) is 0 Å². The number of hydrogen-bond acceptors (Lipinski definition) is 6. The summed E-state index contributed by atoms with van der Waals surface area (Å²) in [5.41, 5.74) is 2.63. The van der Waals surface area contributed by atoms with Crippen LogP contribution in [0.15, 0.2) is 36.5 Å². The average Bonchev–Trinajstić information content (AvgIpc) is 3.25. The number of likely N-dealkylation sites (N-methyl/N-ethyl adjacent to an activating group) is 1. The van der Waals surface area contributed by atoms with Crippen LogP contribution in [-0.2, 0) is 17.5 Å². The zero-order valence-electron chi connectivity index (χ0n) is 18.6. The second-order valence-electron chi connectivity index (χ2n) is 8.11. The van der Waals surface area contributed by atoms with Gasteiger partial charge in [0.1, 0.15) is 17.6 Å². The monoisotopic (exact) mass is 459 g/mol. The summed E-state index contributed by atoms with van der Waals surface area (Å²) in [5.74, 6) is 0.532. The molecule has 2 N–H and O–H groups in total. The molecule has 11 heteroatoms. The van der Waals surface area contributed by atoms with Crippen LogP contribution in [0.1, 0.15) is 42.4 Å². The Kier molecular flexibility index (Phi) is 5.73. The van der Waals surface area contributed by atoms with Crippen LogP contribution in [0, 0.1) is 6.92 Å². The molecular formula is C22H24F3N7O. The van der Waals surface area contributed by atoms with Crippen molar-refractivity contribution in [1.29, 1.82) is 0 Å². The van der Waals surface area contributed by atoms with E-state index in [1.54, 1.807) is 19.2 Å². The highest BCUT2D eigenvalue weighted by atomic mass is 19.4. The van der Waals surface area contributed by atoms with Crippen molar-refractivity contribution in [3.05, 3.63) is 59.0 Å². The summed E-state index contributed by atoms with van der Waals surface area (Å²) in [6, 6.07) is 6.33. The first-order valence-corrected chi connectivity index (χ1v) is 10.4. The number of carbonyl (C=O) groups excluding carboxylic acids is 1. The van der Waals surface area contributed by atoms with Crippen LogP contribution in [0.25, 0.3) is 0 Å². The lowest BCUT2D eigenvalue weighted by Gasteiger charge is -2.34. The number of aryl methyl sites for hydroxylation is 1. The minimum Gasteiger partial charge on any atom is -0.364 e. The molecule has 1 aromatic carbocycles. The Morgan fingerprint density at radius 1 is 1.27 bits per heavy atom. The number of nitrogens with zero attached hydrogens (tertiary/aromatic N) is 5. The van der Waals surface area contributed by atoms with Crippen LogP contribution >= 0.6 is 0 Å². The van der Waals surface area contributed by atoms with Gasteiger partial charge in [0.05, 0.1) is 41.4 Å². The molecule has 0 fully saturated rings. The normalized spacial score (nSPS) is 16.9. The first-order chi connectivity index (χ1) is 15.5. The number of halogens is 3. The summed E-state index contributed by atoms with van der Waals surface area (Å²) < 4.78 is 40.6. The molecule has 1 amide bonds. The fourth-order valence-electron chi connectivity index (χ4n) is 3.68. The Bertz CT molecular complexity index is 1190. The third-order valence-electron chi connectivity index (χ3n) is 5.87. The van der Waals surface area contributed by atoms with Crippen LogP contribution in [0.4, 0.5) is 30.4 Å². The van der Waals surface area contributed by atoms with Gasteiger partial charge in [0.15, 0.2) is 0 Å². The van der Waals surface area contributed by atoms with E-state index in [-0.39, 0.29) is 11.9 Å². The maximum Gasteiger partial charge on any atom is 0.416 e. The minimum absolute atomic E-state index is 0.0814. The number of hydrogen-bond donors (Lipinski definition) is 2. The molecule has 0 aliphatic carbocycles. The number of nitrogens with one attached hydrogen (secondary N) is 2. The first kappa shape index (κ1) is 22.6. The van der Waals surface area contributed by atoms with Gasteiger partial charge < -0.3 is 15.5 Å². The molecule has 3 aromatic rings. The summed E-state index contributed by atoms with van der Waals surface area (Å²) in [7, 11) is 1.85. The highest BCUT2D eigenvalue weighted by Gasteiger charge is 2.31. The van der Waals surface area contributed by atoms with Crippen molar-refractivity contribution in [3.63, 3.8) is 0 Å². The Labute approximate surface area is 188 Å². The van der Waals surface area contributed by atoms with Crippen molar-refractivity contribution in [2.75, 3.05) is 22.6 Å². The summed E-state index contributed by atoms with van der Waals surface area (Å²) in [4.78, 5) is 18.5. The molecule has 2 aromatic heterocycles. The van der Waals surface area contributed by atoms with Crippen molar-refractivity contribution >= 4 is 23.1 Å². The van der Waals surface area contributed by atoms with Crippen LogP contribution in [-0.4, -0.2) is 39.0 Å². The first-order valence-electron chi connectivity index (χ1n) is 10.4. The fraction of sp³-hybridized carbons (Fsp3) is 0.364. The number of aromatic nitrogens is 4. The number of carbonyl (C=O) groups is 1. The standard InChI is InChI=1S/C22H24F3N7O/c1-12-20-18(31(4)14(3)21(33)28-20)9-19(27-12)26-10-17-11-32(30-29-17)13(2)15-6-5-7-16(8-15)22(23,24)25/h5-9,11,13-14H,10H2,1-4H3,(H,26,27)(H,28,33)/t13?,14-/m0/s1. The summed E-state index contributed by atoms with van der Waals surface area (Å²) in [6.45, 7) is 5.74. The van der Waals surface area contributed by atoms with Crippen LogP contribution in [0.5, 0.6) is 0 Å². The van der Waals surface area contributed by atoms with Gasteiger partial charge in [0.2, 0.25) is 5.91 Å². The van der Waals surface area contributed by atoms with Crippen molar-refractivity contribution in [3.8, 4) is 0 Å². The van der Waals surface area contributed by atoms with E-state index in [2.05, 4.69) is 25.9 Å². The molecule has 1 aliphatic rings. The van der Waals surface area contributed by atoms with E-state index in [0.717, 1.165) is 17.8 Å². The van der Waals surface area contributed by atoms with Gasteiger partial charge in [-0.05, 0) is 38.5 Å². The van der Waals surface area contributed by atoms with Crippen LogP contribution in [0.3, 0.4) is 0 Å². The van der Waals surface area contributed by atoms with Gasteiger partial charge in [-0.25, -0.2) is 9.67 Å². The smallest absolute Gasteiger partial charge is 0.364 e. The zero-order chi connectivity index (χ0) is 23.9. The maximum absolute atomic E-state index is 13.0. The molecule has 0 radical (unpaired) electrons. The molecule has 8 nitrogen and oxygen atoms in total. The molecule has 1 unspecified atom stereocenters. The lowest BCUT2D eigenvalue weighted by molar-refractivity contribution is -0.137.